The zero-order chi connectivity index (χ0) is 9.15. The summed E-state index contributed by atoms with van der Waals surface area (Å²) in [6, 6.07) is 0. The zero-order valence-corrected chi connectivity index (χ0v) is 9.75. The van der Waals surface area contributed by atoms with Gasteiger partial charge in [0.2, 0.25) is 0 Å². The van der Waals surface area contributed by atoms with Crippen LogP contribution in [0, 0.1) is 5.41 Å². The molecule has 2 aliphatic heterocycles. The summed E-state index contributed by atoms with van der Waals surface area (Å²) in [7, 11) is 3.82. The molecule has 13 heavy (non-hydrogen) atoms. The fourth-order valence-corrected chi connectivity index (χ4v) is 3.44. The molecule has 0 aromatic carbocycles. The molecule has 0 bridgehead atoms. The fraction of sp³-hybridized carbons (Fsp3) is 1.00. The molecule has 4 heteroatoms. The third-order valence-corrected chi connectivity index (χ3v) is 4.75. The Bertz CT molecular complexity index is 163. The molecule has 0 aromatic heterocycles. The highest BCUT2D eigenvalue weighted by molar-refractivity contribution is 8.76. The van der Waals surface area contributed by atoms with Crippen molar-refractivity contribution in [3.8, 4) is 0 Å². The van der Waals surface area contributed by atoms with Crippen LogP contribution in [0.1, 0.15) is 12.8 Å². The molecule has 2 heterocycles. The Hall–Kier alpha value is 0.620. The summed E-state index contributed by atoms with van der Waals surface area (Å²) >= 11 is 0. The number of likely N-dealkylation sites (tertiary alicyclic amines) is 1. The Balaban J connectivity index is 1.69. The topological polar surface area (TPSA) is 12.5 Å². The van der Waals surface area contributed by atoms with Gasteiger partial charge in [0.1, 0.15) is 0 Å². The summed E-state index contributed by atoms with van der Waals surface area (Å²) in [5.41, 5.74) is 0.650. The highest BCUT2D eigenvalue weighted by atomic mass is 33.1. The third-order valence-electron chi connectivity index (χ3n) is 3.02. The lowest BCUT2D eigenvalue weighted by atomic mass is 9.74. The summed E-state index contributed by atoms with van der Waals surface area (Å²) < 4.78 is 5.39. The molecular weight excluding hydrogens is 202 g/mol. The van der Waals surface area contributed by atoms with Crippen LogP contribution in [0.25, 0.3) is 0 Å². The first-order chi connectivity index (χ1) is 6.35. The molecule has 2 rings (SSSR count). The van der Waals surface area contributed by atoms with Crippen LogP contribution in [0.2, 0.25) is 0 Å². The van der Waals surface area contributed by atoms with E-state index < -0.39 is 0 Å². The van der Waals surface area contributed by atoms with Gasteiger partial charge < -0.3 is 4.74 Å². The first kappa shape index (κ1) is 10.1. The van der Waals surface area contributed by atoms with Crippen LogP contribution in [0.4, 0.5) is 0 Å². The predicted molar refractivity (Wildman–Crippen MR) is 60.0 cm³/mol. The van der Waals surface area contributed by atoms with Gasteiger partial charge in [0.15, 0.2) is 0 Å². The number of hydrogen-bond donors (Lipinski definition) is 0. The first-order valence-electron chi connectivity index (χ1n) is 4.80. The highest BCUT2D eigenvalue weighted by Gasteiger charge is 2.43. The minimum absolute atomic E-state index is 0.650. The normalized spacial score (nSPS) is 27.5. The summed E-state index contributed by atoms with van der Waals surface area (Å²) in [5.74, 6) is 1.20. The van der Waals surface area contributed by atoms with Crippen LogP contribution in [-0.4, -0.2) is 43.3 Å². The van der Waals surface area contributed by atoms with Gasteiger partial charge in [-0.3, -0.25) is 4.90 Å². The second-order valence-electron chi connectivity index (χ2n) is 4.01. The Morgan fingerprint density at radius 3 is 2.62 bits per heavy atom. The zero-order valence-electron chi connectivity index (χ0n) is 8.12. The van der Waals surface area contributed by atoms with Crippen molar-refractivity contribution in [1.29, 1.82) is 0 Å². The van der Waals surface area contributed by atoms with E-state index in [0.717, 1.165) is 13.2 Å². The lowest BCUT2D eigenvalue weighted by Crippen LogP contribution is -2.57. The molecule has 0 saturated carbocycles. The molecule has 0 aromatic rings. The van der Waals surface area contributed by atoms with Crippen molar-refractivity contribution >= 4 is 21.6 Å². The average molecular weight is 219 g/mol. The van der Waals surface area contributed by atoms with Crippen molar-refractivity contribution < 1.29 is 4.74 Å². The molecule has 0 N–H and O–H groups in total. The van der Waals surface area contributed by atoms with Crippen molar-refractivity contribution in [2.75, 3.05) is 38.4 Å². The SMILES string of the molecule is CSSCN1CC2(CCOCC2)C1. The summed E-state index contributed by atoms with van der Waals surface area (Å²) in [6.07, 6.45) is 4.72. The smallest absolute Gasteiger partial charge is 0.0548 e. The van der Waals surface area contributed by atoms with Crippen LogP contribution in [0.3, 0.4) is 0 Å². The van der Waals surface area contributed by atoms with Crippen LogP contribution >= 0.6 is 21.6 Å². The first-order valence-corrected chi connectivity index (χ1v) is 7.53. The number of nitrogens with zero attached hydrogens (tertiary/aromatic N) is 1. The fourth-order valence-electron chi connectivity index (χ4n) is 2.24. The number of hydrogen-bond acceptors (Lipinski definition) is 4. The number of rotatable bonds is 3. The van der Waals surface area contributed by atoms with Crippen LogP contribution < -0.4 is 0 Å². The largest absolute Gasteiger partial charge is 0.381 e. The molecule has 0 unspecified atom stereocenters. The molecule has 1 spiro atoms. The Morgan fingerprint density at radius 1 is 1.31 bits per heavy atom. The Labute approximate surface area is 88.2 Å². The molecule has 0 aliphatic carbocycles. The standard InChI is InChI=1S/C9H17NOS2/c1-12-13-8-10-6-9(7-10)2-4-11-5-3-9/h2-8H2,1H3. The van der Waals surface area contributed by atoms with E-state index in [1.807, 2.05) is 21.6 Å². The second kappa shape index (κ2) is 4.43. The second-order valence-corrected chi connectivity index (χ2v) is 6.55. The highest BCUT2D eigenvalue weighted by Crippen LogP contribution is 2.40. The van der Waals surface area contributed by atoms with Crippen LogP contribution in [0.15, 0.2) is 0 Å². The maximum atomic E-state index is 5.39. The van der Waals surface area contributed by atoms with Gasteiger partial charge in [0.25, 0.3) is 0 Å². The van der Waals surface area contributed by atoms with Gasteiger partial charge in [-0.1, -0.05) is 21.6 Å². The van der Waals surface area contributed by atoms with Crippen LogP contribution in [0.5, 0.6) is 0 Å². The lowest BCUT2D eigenvalue weighted by molar-refractivity contribution is -0.0723. The Morgan fingerprint density at radius 2 is 2.00 bits per heavy atom. The molecule has 2 saturated heterocycles. The van der Waals surface area contributed by atoms with Gasteiger partial charge >= 0.3 is 0 Å². The van der Waals surface area contributed by atoms with Crippen LogP contribution in [-0.2, 0) is 4.74 Å². The summed E-state index contributed by atoms with van der Waals surface area (Å²) in [5, 5.41) is 0. The monoisotopic (exact) mass is 219 g/mol. The van der Waals surface area contributed by atoms with E-state index in [-0.39, 0.29) is 0 Å². The van der Waals surface area contributed by atoms with Gasteiger partial charge in [-0.15, -0.1) is 0 Å². The predicted octanol–water partition coefficient (Wildman–Crippen LogP) is 2.07. The molecule has 2 fully saturated rings. The third kappa shape index (κ3) is 2.35. The van der Waals surface area contributed by atoms with E-state index in [9.17, 15) is 0 Å². The maximum absolute atomic E-state index is 5.39. The lowest BCUT2D eigenvalue weighted by Gasteiger charge is -2.52. The minimum atomic E-state index is 0.650. The minimum Gasteiger partial charge on any atom is -0.381 e. The van der Waals surface area contributed by atoms with E-state index in [0.29, 0.717) is 5.41 Å². The van der Waals surface area contributed by atoms with E-state index in [4.69, 9.17) is 4.74 Å². The van der Waals surface area contributed by atoms with Gasteiger partial charge in [-0.05, 0) is 19.1 Å². The Kier molecular flexibility index (Phi) is 3.46. The van der Waals surface area contributed by atoms with E-state index >= 15 is 0 Å². The van der Waals surface area contributed by atoms with E-state index in [2.05, 4.69) is 11.2 Å². The van der Waals surface area contributed by atoms with Gasteiger partial charge in [-0.2, -0.15) is 0 Å². The number of ether oxygens (including phenoxy) is 1. The molecule has 2 nitrogen and oxygen atoms in total. The van der Waals surface area contributed by atoms with Gasteiger partial charge in [0.05, 0.1) is 5.88 Å². The molecule has 0 amide bonds. The summed E-state index contributed by atoms with van der Waals surface area (Å²) in [4.78, 5) is 2.55. The van der Waals surface area contributed by atoms with Gasteiger partial charge in [0, 0.05) is 31.7 Å². The maximum Gasteiger partial charge on any atom is 0.0548 e. The summed E-state index contributed by atoms with van der Waals surface area (Å²) in [6.45, 7) is 4.60. The van der Waals surface area contributed by atoms with Crippen molar-refractivity contribution in [3.63, 3.8) is 0 Å². The average Bonchev–Trinajstić information content (AvgIpc) is 2.13. The quantitative estimate of drug-likeness (QED) is 0.673. The van der Waals surface area contributed by atoms with E-state index in [1.54, 1.807) is 0 Å². The van der Waals surface area contributed by atoms with Crippen molar-refractivity contribution in [3.05, 3.63) is 0 Å². The molecule has 0 atom stereocenters. The molecule has 2 aliphatic rings. The van der Waals surface area contributed by atoms with Crippen molar-refractivity contribution in [2.45, 2.75) is 12.8 Å². The van der Waals surface area contributed by atoms with E-state index in [1.165, 1.54) is 31.8 Å². The van der Waals surface area contributed by atoms with Crippen molar-refractivity contribution in [2.24, 2.45) is 5.41 Å². The molecular formula is C9H17NOS2. The van der Waals surface area contributed by atoms with Crippen molar-refractivity contribution in [1.82, 2.24) is 4.90 Å². The molecule has 0 radical (unpaired) electrons. The van der Waals surface area contributed by atoms with Gasteiger partial charge in [-0.25, -0.2) is 0 Å². The molecule has 76 valence electrons.